The summed E-state index contributed by atoms with van der Waals surface area (Å²) in [5.74, 6) is 0. The first kappa shape index (κ1) is 153. The Balaban J connectivity index is -0.000000000139. The Kier molecular flexibility index (Phi) is 3060. The van der Waals surface area contributed by atoms with E-state index in [2.05, 4.69) is 15.7 Å². The zero-order valence-corrected chi connectivity index (χ0v) is 9.84. The van der Waals surface area contributed by atoms with E-state index in [0.717, 1.165) is 0 Å². The molecule has 0 aliphatic rings. The predicted molar refractivity (Wildman–Crippen MR) is 3.43 cm³/mol. The van der Waals surface area contributed by atoms with Crippen LogP contribution in [0, 0.1) is 0 Å². The van der Waals surface area contributed by atoms with E-state index < -0.39 is 0 Å². The van der Waals surface area contributed by atoms with Crippen molar-refractivity contribution in [1.82, 2.24) is 0 Å². The van der Waals surface area contributed by atoms with Gasteiger partial charge in [-0.05, 0) is 0 Å². The first-order chi connectivity index (χ1) is 1.00. The van der Waals surface area contributed by atoms with Gasteiger partial charge in [0.05, 0.1) is 0 Å². The molecule has 11 heteroatoms. The number of hydrogen-bond acceptors (Lipinski definition) is 1. The molecule has 0 aliphatic carbocycles. The van der Waals surface area contributed by atoms with Crippen LogP contribution in [0.3, 0.4) is 0 Å². The van der Waals surface area contributed by atoms with E-state index in [1.807, 2.05) is 0 Å². The van der Waals surface area contributed by atoms with Crippen molar-refractivity contribution in [2.75, 3.05) is 0 Å². The number of rotatable bonds is 0. The van der Waals surface area contributed by atoms with Crippen molar-refractivity contribution in [1.29, 1.82) is 0 Å². The summed E-state index contributed by atoms with van der Waals surface area (Å²) in [6.45, 7) is 0. The molecule has 0 amide bonds. The van der Waals surface area contributed by atoms with E-state index in [1.54, 1.807) is 0 Å². The van der Waals surface area contributed by atoms with Gasteiger partial charge in [-0.1, -0.05) is 0 Å². The molecule has 0 aliphatic heterocycles. The third-order valence-electron chi connectivity index (χ3n) is 0. The van der Waals surface area contributed by atoms with Crippen LogP contribution in [0.4, 0.5) is 0 Å². The number of hydrogen-bond donors (Lipinski definition) is 0. The molecule has 0 aromatic heterocycles. The minimum absolute atomic E-state index is 0. The maximum atomic E-state index is 7.94. The molecule has 0 saturated carbocycles. The van der Waals surface area contributed by atoms with Crippen molar-refractivity contribution in [3.05, 3.63) is 0 Å². The quantitative estimate of drug-likeness (QED) is 0.403. The molecule has 0 rings (SSSR count). The van der Waals surface area contributed by atoms with Crippen LogP contribution in [-0.2, 0) is 92.1 Å². The van der Waals surface area contributed by atoms with Gasteiger partial charge in [0.2, 0.25) is 0 Å². The van der Waals surface area contributed by atoms with E-state index in [1.165, 1.54) is 0 Å². The average Bonchev–Trinajstić information content (AvgIpc) is 1.00. The van der Waals surface area contributed by atoms with Gasteiger partial charge in [0.1, 0.15) is 0 Å². The van der Waals surface area contributed by atoms with E-state index in [-0.39, 0.29) is 110 Å². The predicted octanol–water partition coefficient (Wildman–Crippen LogP) is -6.60. The third-order valence-corrected chi connectivity index (χ3v) is 0. The van der Waals surface area contributed by atoms with Crippen molar-refractivity contribution in [2.24, 2.45) is 0 Å². The summed E-state index contributed by atoms with van der Waals surface area (Å²) in [6.07, 6.45) is 0. The fourth-order valence-corrected chi connectivity index (χ4v) is 0. The van der Waals surface area contributed by atoms with Gasteiger partial charge >= 0.3 is 108 Å². The standard InChI is InChI=1S/Co.2Li.2Mn.Ni.5O/q;2*+1;3*+2;;4*-2. The Morgan fingerprint density at radius 2 is 0.636 bits per heavy atom. The molecule has 65 valence electrons. The second-order valence-electron chi connectivity index (χ2n) is 0. The summed E-state index contributed by atoms with van der Waals surface area (Å²) in [7, 11) is 0. The van der Waals surface area contributed by atoms with Crippen LogP contribution in [0.15, 0.2) is 0 Å². The van der Waals surface area contributed by atoms with E-state index in [9.17, 15) is 0 Å². The van der Waals surface area contributed by atoms with Gasteiger partial charge in [-0.15, -0.1) is 0 Å². The summed E-state index contributed by atoms with van der Waals surface area (Å²) >= 11 is 2.31. The van der Waals surface area contributed by atoms with Crippen molar-refractivity contribution in [2.45, 2.75) is 0 Å². The molecular formula is CoLi2Mn2NiO5. The van der Waals surface area contributed by atoms with Crippen LogP contribution < -0.4 is 37.7 Å². The van der Waals surface area contributed by atoms with Gasteiger partial charge in [0.25, 0.3) is 0 Å². The molecule has 2 radical (unpaired) electrons. The molecule has 0 N–H and O–H groups in total. The molecule has 0 bridgehead atoms. The molecule has 0 heterocycles. The second-order valence-corrected chi connectivity index (χ2v) is 0. The topological polar surface area (TPSA) is 131 Å². The molecule has 0 spiro atoms. The van der Waals surface area contributed by atoms with Gasteiger partial charge < -0.3 is 21.9 Å². The van der Waals surface area contributed by atoms with Crippen LogP contribution in [-0.4, -0.2) is 0 Å². The second kappa shape index (κ2) is 220. The van der Waals surface area contributed by atoms with Crippen LogP contribution in [0.2, 0.25) is 0 Å². The zero-order chi connectivity index (χ0) is 2.00. The summed E-state index contributed by atoms with van der Waals surface area (Å²) in [6, 6.07) is 0. The average molecular weight is 321 g/mol. The molecule has 11 heavy (non-hydrogen) atoms. The van der Waals surface area contributed by atoms with Crippen molar-refractivity contribution < 1.29 is 130 Å². The van der Waals surface area contributed by atoms with Crippen molar-refractivity contribution in [3.63, 3.8) is 0 Å². The monoisotopic (exact) mass is 321 g/mol. The van der Waals surface area contributed by atoms with Crippen LogP contribution in [0.5, 0.6) is 0 Å². The van der Waals surface area contributed by atoms with Gasteiger partial charge in [-0.2, -0.15) is 0 Å². The van der Waals surface area contributed by atoms with E-state index >= 15 is 0 Å². The van der Waals surface area contributed by atoms with E-state index in [0.29, 0.717) is 0 Å². The summed E-state index contributed by atoms with van der Waals surface area (Å²) in [4.78, 5) is 0. The fraction of sp³-hybridized carbons (Fsp3) is 0. The van der Waals surface area contributed by atoms with Gasteiger partial charge in [-0.3, -0.25) is 0 Å². The molecule has 0 atom stereocenters. The molecule has 0 fully saturated rings. The fourth-order valence-electron chi connectivity index (χ4n) is 0. The van der Waals surface area contributed by atoms with Gasteiger partial charge in [-0.25, -0.2) is 0 Å². The molecular weight excluding hydrogens is 321 g/mol. The Labute approximate surface area is 128 Å². The van der Waals surface area contributed by atoms with Crippen molar-refractivity contribution in [3.8, 4) is 0 Å². The SMILES string of the molecule is [Li+].[Li+].[Mn+2].[Mn+2].[Ni+2].[O-2].[O-2].[O-2].[O-2].[O]=[Co]. The van der Waals surface area contributed by atoms with E-state index in [4.69, 9.17) is 3.87 Å². The van der Waals surface area contributed by atoms with Gasteiger partial charge in [0.15, 0.2) is 0 Å². The normalized spacial score (nSPS) is 0.455. The van der Waals surface area contributed by atoms with Gasteiger partial charge in [0, 0.05) is 0 Å². The summed E-state index contributed by atoms with van der Waals surface area (Å²) in [5.41, 5.74) is 0. The maximum absolute atomic E-state index is 7.94. The molecule has 0 aromatic rings. The molecule has 0 aromatic carbocycles. The third kappa shape index (κ3) is 184. The first-order valence-electron chi connectivity index (χ1n) is 0.136. The summed E-state index contributed by atoms with van der Waals surface area (Å²) in [5, 5.41) is 0. The Morgan fingerprint density at radius 1 is 0.636 bits per heavy atom. The first-order valence-corrected chi connectivity index (χ1v) is 0.561. The molecule has 0 saturated heterocycles. The molecule has 5 nitrogen and oxygen atoms in total. The summed E-state index contributed by atoms with van der Waals surface area (Å²) < 4.78 is 7.94. The Bertz CT molecular complexity index is 22.4. The minimum atomic E-state index is 0. The Morgan fingerprint density at radius 3 is 0.636 bits per heavy atom. The Hall–Kier alpha value is 2.87. The van der Waals surface area contributed by atoms with Crippen LogP contribution in [0.1, 0.15) is 0 Å². The van der Waals surface area contributed by atoms with Crippen molar-refractivity contribution >= 4 is 0 Å². The zero-order valence-electron chi connectivity index (χ0n) is 5.45. The molecule has 0 unspecified atom stereocenters. The van der Waals surface area contributed by atoms with Crippen LogP contribution in [0.25, 0.3) is 0 Å². The van der Waals surface area contributed by atoms with Crippen LogP contribution >= 0.6 is 0 Å².